The van der Waals surface area contributed by atoms with Gasteiger partial charge in [0.15, 0.2) is 0 Å². The molecule has 1 heterocycles. The molecule has 1 amide bonds. The van der Waals surface area contributed by atoms with Gasteiger partial charge in [-0.3, -0.25) is 4.79 Å². The number of aromatic nitrogens is 2. The molecule has 1 aromatic heterocycles. The van der Waals surface area contributed by atoms with E-state index in [4.69, 9.17) is 4.74 Å². The second-order valence-electron chi connectivity index (χ2n) is 6.42. The Morgan fingerprint density at radius 3 is 2.61 bits per heavy atom. The summed E-state index contributed by atoms with van der Waals surface area (Å²) in [5, 5.41) is 2.88. The van der Waals surface area contributed by atoms with Crippen molar-refractivity contribution < 1.29 is 9.53 Å². The number of carbonyl (C=O) groups is 1. The molecule has 0 saturated carbocycles. The molecule has 144 valence electrons. The average molecular weight is 376 g/mol. The van der Waals surface area contributed by atoms with E-state index >= 15 is 0 Å². The lowest BCUT2D eigenvalue weighted by Crippen LogP contribution is -2.24. The van der Waals surface area contributed by atoms with Crippen LogP contribution < -0.4 is 15.0 Å². The topological polar surface area (TPSA) is 67.4 Å². The van der Waals surface area contributed by atoms with Crippen molar-refractivity contribution in [3.05, 3.63) is 77.7 Å². The van der Waals surface area contributed by atoms with Crippen LogP contribution in [0, 0.1) is 6.92 Å². The molecule has 6 heteroatoms. The van der Waals surface area contributed by atoms with Gasteiger partial charge in [-0.2, -0.15) is 0 Å². The Labute approximate surface area is 165 Å². The molecular weight excluding hydrogens is 352 g/mol. The Kier molecular flexibility index (Phi) is 6.22. The zero-order valence-corrected chi connectivity index (χ0v) is 16.3. The first-order valence-corrected chi connectivity index (χ1v) is 9.17. The third-order valence-corrected chi connectivity index (χ3v) is 4.41. The smallest absolute Gasteiger partial charge is 0.274 e. The minimum absolute atomic E-state index is 0.302. The van der Waals surface area contributed by atoms with E-state index in [1.165, 1.54) is 11.9 Å². The van der Waals surface area contributed by atoms with Gasteiger partial charge >= 0.3 is 0 Å². The van der Waals surface area contributed by atoms with Crippen molar-refractivity contribution in [2.45, 2.75) is 20.4 Å². The summed E-state index contributed by atoms with van der Waals surface area (Å²) in [6.45, 7) is 5.49. The van der Waals surface area contributed by atoms with Crippen LogP contribution in [0.1, 0.15) is 28.5 Å². The number of hydrogen-bond acceptors (Lipinski definition) is 5. The number of ether oxygens (including phenoxy) is 1. The fourth-order valence-electron chi connectivity index (χ4n) is 2.91. The van der Waals surface area contributed by atoms with Crippen molar-refractivity contribution in [2.75, 3.05) is 23.9 Å². The summed E-state index contributed by atoms with van der Waals surface area (Å²) in [6, 6.07) is 17.5. The van der Waals surface area contributed by atoms with E-state index in [1.807, 2.05) is 43.3 Å². The van der Waals surface area contributed by atoms with Gasteiger partial charge in [-0.25, -0.2) is 9.97 Å². The van der Waals surface area contributed by atoms with Gasteiger partial charge in [-0.05, 0) is 37.1 Å². The zero-order chi connectivity index (χ0) is 19.9. The second-order valence-corrected chi connectivity index (χ2v) is 6.42. The SMILES string of the molecule is CCN(Cc1ccccc1)c1cc(C(=O)Nc2cc(C)ccc2OC)ncn1. The fourth-order valence-corrected chi connectivity index (χ4v) is 2.91. The quantitative estimate of drug-likeness (QED) is 0.673. The van der Waals surface area contributed by atoms with E-state index in [2.05, 4.69) is 39.2 Å². The first-order chi connectivity index (χ1) is 13.6. The van der Waals surface area contributed by atoms with Gasteiger partial charge < -0.3 is 15.0 Å². The lowest BCUT2D eigenvalue weighted by Gasteiger charge is -2.22. The summed E-state index contributed by atoms with van der Waals surface area (Å²) < 4.78 is 5.33. The molecule has 0 radical (unpaired) electrons. The molecule has 0 fully saturated rings. The molecule has 0 unspecified atom stereocenters. The van der Waals surface area contributed by atoms with E-state index in [-0.39, 0.29) is 5.91 Å². The number of nitrogens with zero attached hydrogens (tertiary/aromatic N) is 3. The van der Waals surface area contributed by atoms with Crippen molar-refractivity contribution in [3.8, 4) is 5.75 Å². The number of aryl methyl sites for hydroxylation is 1. The van der Waals surface area contributed by atoms with Gasteiger partial charge in [0.1, 0.15) is 23.6 Å². The maximum atomic E-state index is 12.7. The Balaban J connectivity index is 1.80. The van der Waals surface area contributed by atoms with Crippen molar-refractivity contribution in [1.29, 1.82) is 0 Å². The normalized spacial score (nSPS) is 10.4. The molecule has 0 saturated heterocycles. The third kappa shape index (κ3) is 4.65. The predicted octanol–water partition coefficient (Wildman–Crippen LogP) is 4.07. The highest BCUT2D eigenvalue weighted by Crippen LogP contribution is 2.26. The molecule has 2 aromatic carbocycles. The van der Waals surface area contributed by atoms with Gasteiger partial charge in [-0.1, -0.05) is 36.4 Å². The van der Waals surface area contributed by atoms with Crippen LogP contribution in [-0.2, 0) is 6.54 Å². The van der Waals surface area contributed by atoms with Crippen LogP contribution in [0.15, 0.2) is 60.9 Å². The van der Waals surface area contributed by atoms with Crippen molar-refractivity contribution in [1.82, 2.24) is 9.97 Å². The number of nitrogens with one attached hydrogen (secondary N) is 1. The Hall–Kier alpha value is -3.41. The molecule has 3 aromatic rings. The maximum Gasteiger partial charge on any atom is 0.274 e. The predicted molar refractivity (Wildman–Crippen MR) is 111 cm³/mol. The molecule has 1 N–H and O–H groups in total. The van der Waals surface area contributed by atoms with Crippen LogP contribution >= 0.6 is 0 Å². The van der Waals surface area contributed by atoms with Crippen molar-refractivity contribution >= 4 is 17.4 Å². The van der Waals surface area contributed by atoms with Gasteiger partial charge in [-0.15, -0.1) is 0 Å². The van der Waals surface area contributed by atoms with E-state index in [1.54, 1.807) is 13.2 Å². The summed E-state index contributed by atoms with van der Waals surface area (Å²) in [7, 11) is 1.58. The zero-order valence-electron chi connectivity index (χ0n) is 16.3. The highest BCUT2D eigenvalue weighted by molar-refractivity contribution is 6.04. The Bertz CT molecular complexity index is 944. The minimum Gasteiger partial charge on any atom is -0.495 e. The molecular formula is C22H24N4O2. The van der Waals surface area contributed by atoms with Crippen LogP contribution in [0.5, 0.6) is 5.75 Å². The molecule has 0 aliphatic carbocycles. The molecule has 3 rings (SSSR count). The van der Waals surface area contributed by atoms with Gasteiger partial charge in [0.05, 0.1) is 12.8 Å². The van der Waals surface area contributed by atoms with E-state index in [0.29, 0.717) is 29.5 Å². The molecule has 0 aliphatic rings. The monoisotopic (exact) mass is 376 g/mol. The number of anilines is 2. The van der Waals surface area contributed by atoms with Crippen LogP contribution in [0.2, 0.25) is 0 Å². The number of hydrogen-bond donors (Lipinski definition) is 1. The number of carbonyl (C=O) groups excluding carboxylic acids is 1. The Morgan fingerprint density at radius 1 is 1.11 bits per heavy atom. The number of rotatable bonds is 7. The summed E-state index contributed by atoms with van der Waals surface area (Å²) in [5.41, 5.74) is 3.13. The maximum absolute atomic E-state index is 12.7. The molecule has 0 spiro atoms. The van der Waals surface area contributed by atoms with Crippen molar-refractivity contribution in [3.63, 3.8) is 0 Å². The standard InChI is InChI=1S/C22H24N4O2/c1-4-26(14-17-8-6-5-7-9-17)21-13-19(23-15-24-21)22(27)25-18-12-16(2)10-11-20(18)28-3/h5-13,15H,4,14H2,1-3H3,(H,25,27). The summed E-state index contributed by atoms with van der Waals surface area (Å²) in [6.07, 6.45) is 1.42. The lowest BCUT2D eigenvalue weighted by atomic mass is 10.2. The largest absolute Gasteiger partial charge is 0.495 e. The van der Waals surface area contributed by atoms with Crippen LogP contribution in [-0.4, -0.2) is 29.5 Å². The van der Waals surface area contributed by atoms with E-state index in [9.17, 15) is 4.79 Å². The van der Waals surface area contributed by atoms with Gasteiger partial charge in [0.2, 0.25) is 0 Å². The molecule has 28 heavy (non-hydrogen) atoms. The first kappa shape index (κ1) is 19.4. The second kappa shape index (κ2) is 8.99. The van der Waals surface area contributed by atoms with Gasteiger partial charge in [0.25, 0.3) is 5.91 Å². The van der Waals surface area contributed by atoms with E-state index in [0.717, 1.165) is 12.1 Å². The summed E-state index contributed by atoms with van der Waals surface area (Å²) >= 11 is 0. The molecule has 0 bridgehead atoms. The lowest BCUT2D eigenvalue weighted by molar-refractivity contribution is 0.102. The first-order valence-electron chi connectivity index (χ1n) is 9.17. The highest BCUT2D eigenvalue weighted by Gasteiger charge is 2.14. The summed E-state index contributed by atoms with van der Waals surface area (Å²) in [5.74, 6) is 1.01. The minimum atomic E-state index is -0.302. The number of methoxy groups -OCH3 is 1. The van der Waals surface area contributed by atoms with E-state index < -0.39 is 0 Å². The number of amides is 1. The van der Waals surface area contributed by atoms with Crippen molar-refractivity contribution in [2.24, 2.45) is 0 Å². The molecule has 6 nitrogen and oxygen atoms in total. The Morgan fingerprint density at radius 2 is 1.89 bits per heavy atom. The molecule has 0 atom stereocenters. The van der Waals surface area contributed by atoms with Crippen LogP contribution in [0.4, 0.5) is 11.5 Å². The van der Waals surface area contributed by atoms with Crippen LogP contribution in [0.25, 0.3) is 0 Å². The summed E-state index contributed by atoms with van der Waals surface area (Å²) in [4.78, 5) is 23.3. The third-order valence-electron chi connectivity index (χ3n) is 4.41. The van der Waals surface area contributed by atoms with Crippen LogP contribution in [0.3, 0.4) is 0 Å². The average Bonchev–Trinajstić information content (AvgIpc) is 2.73. The fraction of sp³-hybridized carbons (Fsp3) is 0.227. The highest BCUT2D eigenvalue weighted by atomic mass is 16.5. The molecule has 0 aliphatic heterocycles. The number of benzene rings is 2. The van der Waals surface area contributed by atoms with Gasteiger partial charge in [0, 0.05) is 19.2 Å².